The van der Waals surface area contributed by atoms with Crippen molar-refractivity contribution in [2.45, 2.75) is 58.8 Å². The van der Waals surface area contributed by atoms with Gasteiger partial charge in [0.25, 0.3) is 0 Å². The number of Topliss-reactive ketones (excluding diaryl/α,β-unsaturated/α-hetero) is 1. The van der Waals surface area contributed by atoms with E-state index >= 15 is 0 Å². The minimum atomic E-state index is 0.0820. The summed E-state index contributed by atoms with van der Waals surface area (Å²) in [5, 5.41) is 0. The highest BCUT2D eigenvalue weighted by molar-refractivity contribution is 7.98. The first-order chi connectivity index (χ1) is 8.39. The average molecular weight is 266 g/mol. The van der Waals surface area contributed by atoms with Crippen molar-refractivity contribution in [3.05, 3.63) is 0 Å². The molecule has 0 amide bonds. The molecule has 1 nitrogen and oxygen atoms in total. The van der Waals surface area contributed by atoms with Gasteiger partial charge in [-0.25, -0.2) is 0 Å². The van der Waals surface area contributed by atoms with E-state index in [9.17, 15) is 4.79 Å². The number of ketones is 1. The Morgan fingerprint density at radius 2 is 1.72 bits per heavy atom. The van der Waals surface area contributed by atoms with Crippen molar-refractivity contribution in [3.8, 4) is 0 Å². The van der Waals surface area contributed by atoms with Crippen LogP contribution in [-0.2, 0) is 4.79 Å². The summed E-state index contributed by atoms with van der Waals surface area (Å²) < 4.78 is 0. The van der Waals surface area contributed by atoms with E-state index in [1.807, 2.05) is 11.8 Å². The molecule has 4 bridgehead atoms. The van der Waals surface area contributed by atoms with Gasteiger partial charge in [0, 0.05) is 11.8 Å². The molecule has 4 aliphatic rings. The van der Waals surface area contributed by atoms with Gasteiger partial charge in [-0.2, -0.15) is 11.8 Å². The molecule has 0 N–H and O–H groups in total. The summed E-state index contributed by atoms with van der Waals surface area (Å²) in [5.41, 5.74) is 1.03. The van der Waals surface area contributed by atoms with E-state index in [2.05, 4.69) is 20.1 Å². The zero-order valence-electron chi connectivity index (χ0n) is 12.1. The van der Waals surface area contributed by atoms with Crippen molar-refractivity contribution in [2.75, 3.05) is 12.0 Å². The molecule has 0 aromatic heterocycles. The minimum absolute atomic E-state index is 0.0820. The van der Waals surface area contributed by atoms with E-state index < -0.39 is 0 Å². The van der Waals surface area contributed by atoms with Gasteiger partial charge in [-0.1, -0.05) is 13.8 Å². The standard InChI is InChI=1S/C16H26OS/c1-14-6-12-7-15(2,9-14)11-16(8-12,10-14)13(17)4-5-18-3/h12H,4-11H2,1-3H3. The molecular formula is C16H26OS. The molecule has 0 heterocycles. The van der Waals surface area contributed by atoms with Crippen LogP contribution in [0.4, 0.5) is 0 Å². The number of carbonyl (C=O) groups excluding carboxylic acids is 1. The van der Waals surface area contributed by atoms with Crippen molar-refractivity contribution in [1.82, 2.24) is 0 Å². The largest absolute Gasteiger partial charge is 0.299 e. The second-order valence-electron chi connectivity index (χ2n) is 8.08. The van der Waals surface area contributed by atoms with Crippen molar-refractivity contribution in [3.63, 3.8) is 0 Å². The van der Waals surface area contributed by atoms with E-state index in [-0.39, 0.29) is 5.41 Å². The molecule has 0 aliphatic heterocycles. The summed E-state index contributed by atoms with van der Waals surface area (Å²) >= 11 is 1.81. The maximum Gasteiger partial charge on any atom is 0.139 e. The van der Waals surface area contributed by atoms with Crippen LogP contribution in [0.3, 0.4) is 0 Å². The van der Waals surface area contributed by atoms with E-state index in [0.717, 1.165) is 18.1 Å². The maximum absolute atomic E-state index is 12.7. The summed E-state index contributed by atoms with van der Waals surface area (Å²) in [5.74, 6) is 2.45. The third kappa shape index (κ3) is 1.95. The van der Waals surface area contributed by atoms with Crippen molar-refractivity contribution in [1.29, 1.82) is 0 Å². The zero-order valence-corrected chi connectivity index (χ0v) is 12.9. The van der Waals surface area contributed by atoms with Crippen LogP contribution in [0, 0.1) is 22.2 Å². The van der Waals surface area contributed by atoms with E-state index in [1.54, 1.807) is 0 Å². The van der Waals surface area contributed by atoms with Gasteiger partial charge in [0.2, 0.25) is 0 Å². The quantitative estimate of drug-likeness (QED) is 0.754. The van der Waals surface area contributed by atoms with Gasteiger partial charge in [0.15, 0.2) is 0 Å². The lowest BCUT2D eigenvalue weighted by molar-refractivity contribution is -0.167. The summed E-state index contributed by atoms with van der Waals surface area (Å²) in [6, 6.07) is 0. The van der Waals surface area contributed by atoms with Crippen LogP contribution in [0.2, 0.25) is 0 Å². The highest BCUT2D eigenvalue weighted by Gasteiger charge is 2.62. The molecule has 0 radical (unpaired) electrons. The number of rotatable bonds is 4. The Balaban J connectivity index is 1.86. The average Bonchev–Trinajstić information content (AvgIpc) is 2.20. The molecule has 4 rings (SSSR count). The predicted octanol–water partition coefficient (Wildman–Crippen LogP) is 4.31. The Hall–Kier alpha value is 0.0200. The van der Waals surface area contributed by atoms with Crippen molar-refractivity contribution >= 4 is 17.5 Å². The smallest absolute Gasteiger partial charge is 0.139 e. The van der Waals surface area contributed by atoms with Crippen LogP contribution in [0.5, 0.6) is 0 Å². The topological polar surface area (TPSA) is 17.1 Å². The third-order valence-electron chi connectivity index (χ3n) is 5.75. The van der Waals surface area contributed by atoms with Crippen LogP contribution >= 0.6 is 11.8 Å². The molecule has 4 aliphatic carbocycles. The van der Waals surface area contributed by atoms with Gasteiger partial charge in [-0.05, 0) is 67.3 Å². The zero-order chi connectivity index (χ0) is 13.0. The molecule has 2 heteroatoms. The normalized spacial score (nSPS) is 49.6. The lowest BCUT2D eigenvalue weighted by Gasteiger charge is -2.64. The Morgan fingerprint density at radius 1 is 1.11 bits per heavy atom. The Labute approximate surface area is 115 Å². The molecule has 4 saturated carbocycles. The van der Waals surface area contributed by atoms with E-state index in [4.69, 9.17) is 0 Å². The lowest BCUT2D eigenvalue weighted by atomic mass is 9.39. The number of hydrogen-bond acceptors (Lipinski definition) is 2. The summed E-state index contributed by atoms with van der Waals surface area (Å²) in [7, 11) is 0. The fraction of sp³-hybridized carbons (Fsp3) is 0.938. The highest BCUT2D eigenvalue weighted by Crippen LogP contribution is 2.69. The molecule has 0 aromatic rings. The lowest BCUT2D eigenvalue weighted by Crippen LogP contribution is -2.57. The number of thioether (sulfide) groups is 1. The maximum atomic E-state index is 12.7. The third-order valence-corrected chi connectivity index (χ3v) is 6.36. The van der Waals surface area contributed by atoms with Gasteiger partial charge in [-0.15, -0.1) is 0 Å². The molecule has 2 atom stereocenters. The molecule has 2 unspecified atom stereocenters. The first kappa shape index (κ1) is 13.0. The fourth-order valence-corrected chi connectivity index (χ4v) is 6.61. The molecule has 0 saturated heterocycles. The Morgan fingerprint density at radius 3 is 2.22 bits per heavy atom. The monoisotopic (exact) mass is 266 g/mol. The van der Waals surface area contributed by atoms with Gasteiger partial charge < -0.3 is 0 Å². The molecule has 0 spiro atoms. The molecule has 4 fully saturated rings. The number of carbonyl (C=O) groups is 1. The predicted molar refractivity (Wildman–Crippen MR) is 77.8 cm³/mol. The Bertz CT molecular complexity index is 357. The molecular weight excluding hydrogens is 240 g/mol. The highest BCUT2D eigenvalue weighted by atomic mass is 32.2. The Kier molecular flexibility index (Phi) is 2.90. The fourth-order valence-electron chi connectivity index (χ4n) is 6.22. The molecule has 18 heavy (non-hydrogen) atoms. The van der Waals surface area contributed by atoms with Crippen LogP contribution in [0.1, 0.15) is 58.8 Å². The SMILES string of the molecule is CSCCC(=O)C12CC3CC(C)(CC(C)(C3)C1)C2. The van der Waals surface area contributed by atoms with Crippen LogP contribution in [0.25, 0.3) is 0 Å². The van der Waals surface area contributed by atoms with Crippen molar-refractivity contribution in [2.24, 2.45) is 22.2 Å². The van der Waals surface area contributed by atoms with Gasteiger partial charge in [-0.3, -0.25) is 4.79 Å². The molecule has 0 aromatic carbocycles. The van der Waals surface area contributed by atoms with E-state index in [1.165, 1.54) is 38.5 Å². The van der Waals surface area contributed by atoms with Crippen LogP contribution < -0.4 is 0 Å². The summed E-state index contributed by atoms with van der Waals surface area (Å²) in [6.07, 6.45) is 10.7. The van der Waals surface area contributed by atoms with Crippen LogP contribution in [0.15, 0.2) is 0 Å². The first-order valence-electron chi connectivity index (χ1n) is 7.41. The second-order valence-corrected chi connectivity index (χ2v) is 9.06. The minimum Gasteiger partial charge on any atom is -0.299 e. The first-order valence-corrected chi connectivity index (χ1v) is 8.81. The van der Waals surface area contributed by atoms with Crippen molar-refractivity contribution < 1.29 is 4.79 Å². The van der Waals surface area contributed by atoms with Gasteiger partial charge in [0.05, 0.1) is 0 Å². The molecule has 102 valence electrons. The van der Waals surface area contributed by atoms with E-state index in [0.29, 0.717) is 16.6 Å². The summed E-state index contributed by atoms with van der Waals surface area (Å²) in [6.45, 7) is 4.90. The van der Waals surface area contributed by atoms with Crippen LogP contribution in [-0.4, -0.2) is 17.8 Å². The summed E-state index contributed by atoms with van der Waals surface area (Å²) in [4.78, 5) is 12.7. The van der Waals surface area contributed by atoms with Gasteiger partial charge >= 0.3 is 0 Å². The number of hydrogen-bond donors (Lipinski definition) is 0. The second kappa shape index (κ2) is 4.01. The van der Waals surface area contributed by atoms with Gasteiger partial charge in [0.1, 0.15) is 5.78 Å².